The maximum absolute atomic E-state index is 13.6. The van der Waals surface area contributed by atoms with Gasteiger partial charge >= 0.3 is 11.9 Å². The molecule has 0 aliphatic carbocycles. The van der Waals surface area contributed by atoms with Crippen LogP contribution in [0.15, 0.2) is 77.7 Å². The highest BCUT2D eigenvalue weighted by Gasteiger charge is 2.25. The van der Waals surface area contributed by atoms with E-state index in [9.17, 15) is 22.6 Å². The topological polar surface area (TPSA) is 110 Å². The molecule has 0 fully saturated rings. The van der Waals surface area contributed by atoms with Crippen molar-refractivity contribution in [2.24, 2.45) is 0 Å². The van der Waals surface area contributed by atoms with E-state index in [-0.39, 0.29) is 28.9 Å². The number of ether oxygens (including phenoxy) is 2. The first kappa shape index (κ1) is 31.5. The minimum Gasteiger partial charge on any atom is -0.744 e. The summed E-state index contributed by atoms with van der Waals surface area (Å²) in [4.78, 5) is 26.8. The molecule has 5 aromatic rings. The molecular weight excluding hydrogens is 1110 g/mol. The molecule has 0 atom stereocenters. The molecule has 0 aliphatic heterocycles. The van der Waals surface area contributed by atoms with Gasteiger partial charge in [-0.3, -0.25) is 0 Å². The van der Waals surface area contributed by atoms with Gasteiger partial charge in [0.2, 0.25) is 0 Å². The van der Waals surface area contributed by atoms with Gasteiger partial charge in [0, 0.05) is 10.7 Å². The second kappa shape index (κ2) is 12.6. The highest BCUT2D eigenvalue weighted by Crippen LogP contribution is 2.33. The first-order valence-corrected chi connectivity index (χ1v) is 18.1. The smallest absolute Gasteiger partial charge is 0.344 e. The number of hydrogen-bond acceptors (Lipinski definition) is 7. The van der Waals surface area contributed by atoms with Gasteiger partial charge in [-0.2, -0.15) is 0 Å². The van der Waals surface area contributed by atoms with Gasteiger partial charge in [-0.15, -0.1) is 0 Å². The summed E-state index contributed by atoms with van der Waals surface area (Å²) in [6.07, 6.45) is 0. The number of benzene rings is 5. The predicted octanol–water partition coefficient (Wildman–Crippen LogP) is 8.36. The lowest BCUT2D eigenvalue weighted by Crippen LogP contribution is -2.18. The van der Waals surface area contributed by atoms with Crippen molar-refractivity contribution in [3.8, 4) is 11.5 Å². The summed E-state index contributed by atoms with van der Waals surface area (Å²) in [7, 11) is -4.73. The molecule has 0 aliphatic rings. The van der Waals surface area contributed by atoms with Gasteiger partial charge in [-0.1, -0.05) is 24.3 Å². The van der Waals surface area contributed by atoms with E-state index in [1.807, 2.05) is 48.5 Å². The predicted molar refractivity (Wildman–Crippen MR) is 196 cm³/mol. The maximum atomic E-state index is 13.6. The second-order valence-corrected chi connectivity index (χ2v) is 15.8. The molecule has 0 unspecified atom stereocenters. The monoisotopic (exact) mass is 1130 g/mol. The van der Waals surface area contributed by atoms with Crippen LogP contribution in [0.2, 0.25) is 0 Å². The van der Waals surface area contributed by atoms with Crippen LogP contribution in [0.4, 0.5) is 0 Å². The lowest BCUT2D eigenvalue weighted by Gasteiger charge is -2.15. The summed E-state index contributed by atoms with van der Waals surface area (Å²) >= 11 is 9.78. The number of halogens is 5. The van der Waals surface area contributed by atoms with Gasteiger partial charge in [0.1, 0.15) is 15.9 Å². The van der Waals surface area contributed by atoms with E-state index in [0.29, 0.717) is 11.1 Å². The summed E-state index contributed by atoms with van der Waals surface area (Å²) in [5.41, 5.74) is -0.0232. The SMILES string of the molecule is O=C(Oc1cc(I)c(S(=O)(=O)[O-])c(I)c1)c1cc2cc3ccccc3cc2cc1C(=O)Oc1c(I)cc(I)cc1I. The number of hydrogen-bond donors (Lipinski definition) is 0. The molecule has 0 heterocycles. The first-order chi connectivity index (χ1) is 19.3. The van der Waals surface area contributed by atoms with Gasteiger partial charge in [0.05, 0.1) is 23.2 Å². The fourth-order valence-corrected chi connectivity index (χ4v) is 11.8. The van der Waals surface area contributed by atoms with E-state index >= 15 is 0 Å². The van der Waals surface area contributed by atoms with E-state index in [4.69, 9.17) is 9.47 Å². The average Bonchev–Trinajstić information content (AvgIpc) is 2.87. The fourth-order valence-electron chi connectivity index (χ4n) is 4.10. The summed E-state index contributed by atoms with van der Waals surface area (Å²) < 4.78 is 49.1. The van der Waals surface area contributed by atoms with Crippen LogP contribution < -0.4 is 9.47 Å². The minimum atomic E-state index is -4.73. The van der Waals surface area contributed by atoms with E-state index in [1.165, 1.54) is 12.1 Å². The standard InChI is InChI=1S/C28H13I5O7S/c29-17-9-21(30)25(22(31)10-17)40-28(35)20-8-16-6-14-4-2-1-3-13(14)5-15(16)7-19(20)27(34)39-18-11-23(32)26(24(33)12-18)41(36,37)38/h1-12H,(H,36,37,38)/p-1. The summed E-state index contributed by atoms with van der Waals surface area (Å²) in [5.74, 6) is -1.17. The third-order valence-corrected chi connectivity index (χ3v) is 11.5. The fraction of sp³-hybridized carbons (Fsp3) is 0. The summed E-state index contributed by atoms with van der Waals surface area (Å²) in [5, 5.41) is 3.36. The van der Waals surface area contributed by atoms with Crippen molar-refractivity contribution < 1.29 is 32.0 Å². The molecule has 208 valence electrons. The molecule has 5 rings (SSSR count). The molecule has 5 aromatic carbocycles. The molecule has 41 heavy (non-hydrogen) atoms. The van der Waals surface area contributed by atoms with Gasteiger partial charge < -0.3 is 14.0 Å². The Hall–Kier alpha value is -0.880. The van der Waals surface area contributed by atoms with Crippen molar-refractivity contribution in [1.82, 2.24) is 0 Å². The molecule has 0 saturated heterocycles. The summed E-state index contributed by atoms with van der Waals surface area (Å²) in [6, 6.07) is 21.1. The Kier molecular flexibility index (Phi) is 9.71. The lowest BCUT2D eigenvalue weighted by atomic mass is 9.97. The van der Waals surface area contributed by atoms with Crippen molar-refractivity contribution in [1.29, 1.82) is 0 Å². The van der Waals surface area contributed by atoms with E-state index in [1.54, 1.807) is 57.3 Å². The highest BCUT2D eigenvalue weighted by molar-refractivity contribution is 14.1. The largest absolute Gasteiger partial charge is 0.744 e. The molecule has 7 nitrogen and oxygen atoms in total. The van der Waals surface area contributed by atoms with Crippen LogP contribution in [-0.4, -0.2) is 24.9 Å². The Labute approximate surface area is 302 Å². The Bertz CT molecular complexity index is 1980. The molecule has 0 N–H and O–H groups in total. The van der Waals surface area contributed by atoms with Crippen molar-refractivity contribution in [3.05, 3.63) is 102 Å². The van der Waals surface area contributed by atoms with Crippen LogP contribution in [-0.2, 0) is 10.1 Å². The zero-order valence-electron chi connectivity index (χ0n) is 20.1. The molecule has 0 aromatic heterocycles. The number of fused-ring (bicyclic) bond motifs is 2. The van der Waals surface area contributed by atoms with E-state index in [0.717, 1.165) is 26.9 Å². The zero-order chi connectivity index (χ0) is 29.6. The molecular formula is C28H12I5O7S-. The Morgan fingerprint density at radius 3 is 1.54 bits per heavy atom. The zero-order valence-corrected chi connectivity index (χ0v) is 31.7. The first-order valence-electron chi connectivity index (χ1n) is 11.3. The van der Waals surface area contributed by atoms with Crippen LogP contribution >= 0.6 is 113 Å². The molecule has 0 spiro atoms. The van der Waals surface area contributed by atoms with Crippen LogP contribution in [0.1, 0.15) is 20.7 Å². The normalized spacial score (nSPS) is 11.6. The van der Waals surface area contributed by atoms with Crippen LogP contribution in [0.25, 0.3) is 21.5 Å². The number of esters is 2. The van der Waals surface area contributed by atoms with Crippen molar-refractivity contribution in [2.45, 2.75) is 4.90 Å². The van der Waals surface area contributed by atoms with E-state index < -0.39 is 22.1 Å². The molecule has 0 radical (unpaired) electrons. The lowest BCUT2D eigenvalue weighted by molar-refractivity contribution is 0.0690. The van der Waals surface area contributed by atoms with Gasteiger partial charge in [0.25, 0.3) is 0 Å². The average molecular weight is 1130 g/mol. The Morgan fingerprint density at radius 2 is 1.07 bits per heavy atom. The third-order valence-electron chi connectivity index (χ3n) is 5.87. The van der Waals surface area contributed by atoms with Crippen LogP contribution in [0.3, 0.4) is 0 Å². The van der Waals surface area contributed by atoms with Gasteiger partial charge in [-0.25, -0.2) is 18.0 Å². The third kappa shape index (κ3) is 6.94. The Balaban J connectivity index is 1.62. The molecule has 0 amide bonds. The second-order valence-electron chi connectivity index (χ2n) is 8.59. The van der Waals surface area contributed by atoms with Gasteiger partial charge in [-0.05, 0) is 183 Å². The van der Waals surface area contributed by atoms with E-state index in [2.05, 4.69) is 67.8 Å². The van der Waals surface area contributed by atoms with Crippen molar-refractivity contribution in [2.75, 3.05) is 0 Å². The van der Waals surface area contributed by atoms with Gasteiger partial charge in [0.15, 0.2) is 5.75 Å². The minimum absolute atomic E-state index is 0.00563. The van der Waals surface area contributed by atoms with Crippen molar-refractivity contribution in [3.63, 3.8) is 0 Å². The Morgan fingerprint density at radius 1 is 0.610 bits per heavy atom. The highest BCUT2D eigenvalue weighted by atomic mass is 127. The number of carbonyl (C=O) groups excluding carboxylic acids is 2. The van der Waals surface area contributed by atoms with Crippen LogP contribution in [0.5, 0.6) is 11.5 Å². The quantitative estimate of drug-likeness (QED) is 0.0573. The maximum Gasteiger partial charge on any atom is 0.344 e. The molecule has 0 bridgehead atoms. The molecule has 13 heteroatoms. The summed E-state index contributed by atoms with van der Waals surface area (Å²) in [6.45, 7) is 0. The molecule has 0 saturated carbocycles. The van der Waals surface area contributed by atoms with Crippen molar-refractivity contribution >= 4 is 157 Å². The number of carbonyl (C=O) groups is 2. The number of rotatable bonds is 5. The van der Waals surface area contributed by atoms with Crippen LogP contribution in [0, 0.1) is 17.9 Å².